The highest BCUT2D eigenvalue weighted by atomic mass is 19.1. The summed E-state index contributed by atoms with van der Waals surface area (Å²) in [5.74, 6) is -0.857. The lowest BCUT2D eigenvalue weighted by Gasteiger charge is -2.15. The number of hydrogen-bond acceptors (Lipinski definition) is 5. The minimum Gasteiger partial charge on any atom is -0.472 e. The molecule has 0 saturated carbocycles. The first-order chi connectivity index (χ1) is 7.61. The van der Waals surface area contributed by atoms with E-state index in [-0.39, 0.29) is 6.61 Å². The van der Waals surface area contributed by atoms with Crippen molar-refractivity contribution in [2.75, 3.05) is 12.3 Å². The third-order valence-corrected chi connectivity index (χ3v) is 2.23. The molecule has 1 aliphatic heterocycles. The van der Waals surface area contributed by atoms with Gasteiger partial charge in [0.1, 0.15) is 12.4 Å². The second-order valence-corrected chi connectivity index (χ2v) is 3.30. The van der Waals surface area contributed by atoms with E-state index in [0.29, 0.717) is 12.2 Å². The van der Waals surface area contributed by atoms with Crippen molar-refractivity contribution in [2.45, 2.75) is 12.6 Å². The molecule has 0 spiro atoms. The Labute approximate surface area is 89.8 Å². The molecule has 6 nitrogen and oxygen atoms in total. The molecule has 1 aromatic heterocycles. The lowest BCUT2D eigenvalue weighted by Crippen LogP contribution is -2.28. The van der Waals surface area contributed by atoms with Crippen LogP contribution in [0, 0.1) is 5.82 Å². The van der Waals surface area contributed by atoms with Crippen LogP contribution in [0.1, 0.15) is 12.6 Å². The number of rotatable bonds is 2. The number of nitrogens with two attached hydrogens (primary N) is 1. The zero-order chi connectivity index (χ0) is 11.7. The van der Waals surface area contributed by atoms with Gasteiger partial charge in [-0.3, -0.25) is 4.57 Å². The number of nitrogen functional groups attached to an aromatic ring is 1. The van der Waals surface area contributed by atoms with Gasteiger partial charge in [-0.2, -0.15) is 4.98 Å². The second-order valence-electron chi connectivity index (χ2n) is 3.30. The molecule has 2 rings (SSSR count). The Kier molecular flexibility index (Phi) is 2.61. The van der Waals surface area contributed by atoms with E-state index < -0.39 is 23.6 Å². The van der Waals surface area contributed by atoms with E-state index in [1.807, 2.05) is 0 Å². The number of aromatic nitrogens is 2. The summed E-state index contributed by atoms with van der Waals surface area (Å²) in [6.07, 6.45) is 2.28. The van der Waals surface area contributed by atoms with Crippen molar-refractivity contribution in [3.05, 3.63) is 34.3 Å². The highest BCUT2D eigenvalue weighted by Gasteiger charge is 2.21. The normalized spacial score (nSPS) is 19.4. The van der Waals surface area contributed by atoms with Crippen LogP contribution in [0.2, 0.25) is 0 Å². The molecule has 3 N–H and O–H groups in total. The molecule has 1 aromatic rings. The van der Waals surface area contributed by atoms with Crippen molar-refractivity contribution in [3.63, 3.8) is 0 Å². The Morgan fingerprint density at radius 1 is 1.75 bits per heavy atom. The molecule has 0 aliphatic carbocycles. The highest BCUT2D eigenvalue weighted by Crippen LogP contribution is 2.24. The van der Waals surface area contributed by atoms with Gasteiger partial charge < -0.3 is 15.6 Å². The van der Waals surface area contributed by atoms with E-state index in [1.54, 1.807) is 6.08 Å². The SMILES string of the molecule is Nc1nc(=O)n([C@H]2CC=C(CO)O2)cc1F. The molecule has 0 aromatic carbocycles. The summed E-state index contributed by atoms with van der Waals surface area (Å²) in [6.45, 7) is -0.254. The molecule has 16 heavy (non-hydrogen) atoms. The fourth-order valence-electron chi connectivity index (χ4n) is 1.44. The minimum atomic E-state index is -0.777. The molecule has 0 fully saturated rings. The van der Waals surface area contributed by atoms with Crippen LogP contribution in [-0.4, -0.2) is 21.3 Å². The van der Waals surface area contributed by atoms with Crippen molar-refractivity contribution in [1.82, 2.24) is 9.55 Å². The Bertz CT molecular complexity index is 497. The molecule has 0 radical (unpaired) electrons. The molecule has 1 aliphatic rings. The van der Waals surface area contributed by atoms with E-state index in [0.717, 1.165) is 10.8 Å². The van der Waals surface area contributed by atoms with Gasteiger partial charge in [0.05, 0.1) is 6.20 Å². The fourth-order valence-corrected chi connectivity index (χ4v) is 1.44. The molecule has 0 amide bonds. The minimum absolute atomic E-state index is 0.254. The van der Waals surface area contributed by atoms with E-state index in [9.17, 15) is 9.18 Å². The molecule has 0 saturated heterocycles. The van der Waals surface area contributed by atoms with E-state index >= 15 is 0 Å². The maximum atomic E-state index is 13.1. The average molecular weight is 227 g/mol. The summed E-state index contributed by atoms with van der Waals surface area (Å²) >= 11 is 0. The smallest absolute Gasteiger partial charge is 0.352 e. The summed E-state index contributed by atoms with van der Waals surface area (Å²) in [6, 6.07) is 0. The predicted molar refractivity (Wildman–Crippen MR) is 52.8 cm³/mol. The van der Waals surface area contributed by atoms with Gasteiger partial charge in [0.25, 0.3) is 0 Å². The summed E-state index contributed by atoms with van der Waals surface area (Å²) in [5, 5.41) is 8.81. The molecular weight excluding hydrogens is 217 g/mol. The molecule has 1 atom stereocenters. The monoisotopic (exact) mass is 227 g/mol. The van der Waals surface area contributed by atoms with Crippen LogP contribution in [0.4, 0.5) is 10.2 Å². The highest BCUT2D eigenvalue weighted by molar-refractivity contribution is 5.26. The topological polar surface area (TPSA) is 90.4 Å². The molecule has 86 valence electrons. The van der Waals surface area contributed by atoms with Gasteiger partial charge in [0.15, 0.2) is 17.9 Å². The van der Waals surface area contributed by atoms with Gasteiger partial charge in [-0.25, -0.2) is 9.18 Å². The summed E-state index contributed by atoms with van der Waals surface area (Å²) < 4.78 is 19.3. The van der Waals surface area contributed by atoms with Crippen molar-refractivity contribution in [2.24, 2.45) is 0 Å². The molecular formula is C9H10FN3O3. The van der Waals surface area contributed by atoms with Gasteiger partial charge >= 0.3 is 5.69 Å². The van der Waals surface area contributed by atoms with Gasteiger partial charge in [-0.05, 0) is 6.08 Å². The number of aliphatic hydroxyl groups excluding tert-OH is 1. The molecule has 2 heterocycles. The third kappa shape index (κ3) is 1.76. The van der Waals surface area contributed by atoms with Gasteiger partial charge in [-0.1, -0.05) is 0 Å². The standard InChI is InChI=1S/C9H10FN3O3/c10-6-3-13(9(15)12-8(6)11)7-2-1-5(4-14)16-7/h1,3,7,14H,2,4H2,(H2,11,12,15)/t7-/m1/s1. The van der Waals surface area contributed by atoms with Crippen LogP contribution in [-0.2, 0) is 4.74 Å². The first-order valence-electron chi connectivity index (χ1n) is 4.62. The van der Waals surface area contributed by atoms with Gasteiger partial charge in [-0.15, -0.1) is 0 Å². The van der Waals surface area contributed by atoms with E-state index in [2.05, 4.69) is 4.98 Å². The fraction of sp³-hybridized carbons (Fsp3) is 0.333. The molecule has 0 bridgehead atoms. The molecule has 7 heteroatoms. The number of nitrogens with zero attached hydrogens (tertiary/aromatic N) is 2. The third-order valence-electron chi connectivity index (χ3n) is 2.23. The Morgan fingerprint density at radius 3 is 3.12 bits per heavy atom. The van der Waals surface area contributed by atoms with E-state index in [4.69, 9.17) is 15.6 Å². The van der Waals surface area contributed by atoms with E-state index in [1.165, 1.54) is 0 Å². The van der Waals surface area contributed by atoms with Crippen LogP contribution in [0.3, 0.4) is 0 Å². The summed E-state index contributed by atoms with van der Waals surface area (Å²) in [5.41, 5.74) is 4.46. The quantitative estimate of drug-likeness (QED) is 0.727. The summed E-state index contributed by atoms with van der Waals surface area (Å²) in [7, 11) is 0. The Morgan fingerprint density at radius 2 is 2.50 bits per heavy atom. The molecule has 0 unspecified atom stereocenters. The number of aliphatic hydroxyl groups is 1. The second kappa shape index (κ2) is 3.93. The summed E-state index contributed by atoms with van der Waals surface area (Å²) in [4.78, 5) is 14.7. The first-order valence-corrected chi connectivity index (χ1v) is 4.62. The van der Waals surface area contributed by atoms with Crippen molar-refractivity contribution >= 4 is 5.82 Å². The van der Waals surface area contributed by atoms with Crippen LogP contribution in [0.25, 0.3) is 0 Å². The number of anilines is 1. The van der Waals surface area contributed by atoms with Crippen LogP contribution >= 0.6 is 0 Å². The van der Waals surface area contributed by atoms with Crippen LogP contribution in [0.5, 0.6) is 0 Å². The van der Waals surface area contributed by atoms with Crippen LogP contribution in [0.15, 0.2) is 22.8 Å². The lowest BCUT2D eigenvalue weighted by molar-refractivity contribution is 0.0585. The van der Waals surface area contributed by atoms with Crippen molar-refractivity contribution in [3.8, 4) is 0 Å². The van der Waals surface area contributed by atoms with Gasteiger partial charge in [0, 0.05) is 6.42 Å². The maximum absolute atomic E-state index is 13.1. The number of halogens is 1. The lowest BCUT2D eigenvalue weighted by atomic mass is 10.3. The predicted octanol–water partition coefficient (Wildman–Crippen LogP) is -0.240. The Balaban J connectivity index is 2.30. The average Bonchev–Trinajstić information content (AvgIpc) is 2.71. The first kappa shape index (κ1) is 10.6. The van der Waals surface area contributed by atoms with Gasteiger partial charge in [0.2, 0.25) is 0 Å². The largest absolute Gasteiger partial charge is 0.472 e. The zero-order valence-corrected chi connectivity index (χ0v) is 8.26. The van der Waals surface area contributed by atoms with Crippen molar-refractivity contribution < 1.29 is 14.2 Å². The van der Waals surface area contributed by atoms with Crippen LogP contribution < -0.4 is 11.4 Å². The van der Waals surface area contributed by atoms with Crippen molar-refractivity contribution in [1.29, 1.82) is 0 Å². The maximum Gasteiger partial charge on any atom is 0.352 e. The Hall–Kier alpha value is -1.89. The number of ether oxygens (including phenoxy) is 1. The number of hydrogen-bond donors (Lipinski definition) is 2. The zero-order valence-electron chi connectivity index (χ0n) is 8.26.